The minimum absolute atomic E-state index is 0.0440. The van der Waals surface area contributed by atoms with Gasteiger partial charge in [-0.3, -0.25) is 10.00 Å². The molecule has 1 aliphatic heterocycles. The number of ether oxygens (including phenoxy) is 1. The van der Waals surface area contributed by atoms with Gasteiger partial charge in [0.1, 0.15) is 6.10 Å². The first-order chi connectivity index (χ1) is 9.61. The molecule has 3 N–H and O–H groups in total. The smallest absolute Gasteiger partial charge is 0.104 e. The van der Waals surface area contributed by atoms with E-state index >= 15 is 0 Å². The third kappa shape index (κ3) is 3.79. The molecule has 0 aliphatic carbocycles. The first-order valence-corrected chi connectivity index (χ1v) is 7.26. The zero-order valence-electron chi connectivity index (χ0n) is 12.2. The van der Waals surface area contributed by atoms with Crippen LogP contribution < -0.4 is 0 Å². The van der Waals surface area contributed by atoms with Gasteiger partial charge in [0, 0.05) is 30.3 Å². The van der Waals surface area contributed by atoms with Crippen molar-refractivity contribution >= 4 is 0 Å². The average Bonchev–Trinajstić information content (AvgIpc) is 2.81. The summed E-state index contributed by atoms with van der Waals surface area (Å²) in [6.07, 6.45) is 1.42. The Morgan fingerprint density at radius 2 is 2.25 bits per heavy atom. The van der Waals surface area contributed by atoms with Crippen molar-refractivity contribution in [1.82, 2.24) is 15.1 Å². The fraction of sp³-hybridized carbons (Fsp3) is 0.786. The second kappa shape index (κ2) is 7.17. The molecule has 1 fully saturated rings. The van der Waals surface area contributed by atoms with Gasteiger partial charge in [0.2, 0.25) is 0 Å². The summed E-state index contributed by atoms with van der Waals surface area (Å²) in [7, 11) is 0. The summed E-state index contributed by atoms with van der Waals surface area (Å²) in [4.78, 5) is 2.28. The van der Waals surface area contributed by atoms with Crippen LogP contribution in [0.4, 0.5) is 0 Å². The van der Waals surface area contributed by atoms with Gasteiger partial charge < -0.3 is 14.9 Å². The normalized spacial score (nSPS) is 27.1. The molecule has 1 saturated heterocycles. The van der Waals surface area contributed by atoms with E-state index in [9.17, 15) is 10.2 Å². The maximum atomic E-state index is 10.1. The molecule has 0 unspecified atom stereocenters. The highest BCUT2D eigenvalue weighted by molar-refractivity contribution is 5.14. The molecule has 3 atom stereocenters. The van der Waals surface area contributed by atoms with E-state index in [0.29, 0.717) is 6.61 Å². The molecular weight excluding hydrogens is 258 g/mol. The van der Waals surface area contributed by atoms with Crippen molar-refractivity contribution in [1.29, 1.82) is 0 Å². The molecule has 1 aromatic heterocycles. The van der Waals surface area contributed by atoms with Gasteiger partial charge in [-0.25, -0.2) is 0 Å². The van der Waals surface area contributed by atoms with E-state index < -0.39 is 12.2 Å². The topological polar surface area (TPSA) is 81.6 Å². The van der Waals surface area contributed by atoms with E-state index in [0.717, 1.165) is 31.7 Å². The van der Waals surface area contributed by atoms with Crippen LogP contribution in [-0.2, 0) is 11.3 Å². The predicted molar refractivity (Wildman–Crippen MR) is 75.2 cm³/mol. The molecule has 1 aliphatic rings. The van der Waals surface area contributed by atoms with Gasteiger partial charge in [-0.2, -0.15) is 5.10 Å². The Labute approximate surface area is 119 Å². The van der Waals surface area contributed by atoms with Crippen LogP contribution in [-0.4, -0.2) is 63.8 Å². The molecule has 0 amide bonds. The zero-order valence-corrected chi connectivity index (χ0v) is 12.2. The number of nitrogens with one attached hydrogen (secondary N) is 1. The van der Waals surface area contributed by atoms with E-state index in [4.69, 9.17) is 4.74 Å². The maximum Gasteiger partial charge on any atom is 0.104 e. The Kier molecular flexibility index (Phi) is 5.54. The molecule has 0 bridgehead atoms. The van der Waals surface area contributed by atoms with E-state index in [2.05, 4.69) is 22.0 Å². The molecule has 2 heterocycles. The molecule has 0 spiro atoms. The standard InChI is InChI=1S/C14H25N3O3/c1-3-4-17(6-11-5-15-16-10(11)2)7-12-8-20-9-13(18)14(12)19/h5,12-14,18-19H,3-4,6-9H2,1-2H3,(H,15,16)/t12-,13-,14+/m1/s1. The second-order valence-corrected chi connectivity index (χ2v) is 5.61. The molecular formula is C14H25N3O3. The second-order valence-electron chi connectivity index (χ2n) is 5.61. The summed E-state index contributed by atoms with van der Waals surface area (Å²) >= 11 is 0. The number of hydrogen-bond acceptors (Lipinski definition) is 5. The van der Waals surface area contributed by atoms with Gasteiger partial charge >= 0.3 is 0 Å². The van der Waals surface area contributed by atoms with E-state index in [1.54, 1.807) is 0 Å². The van der Waals surface area contributed by atoms with Gasteiger partial charge in [0.25, 0.3) is 0 Å². The Hall–Kier alpha value is -0.950. The van der Waals surface area contributed by atoms with Crippen molar-refractivity contribution in [2.45, 2.75) is 39.0 Å². The monoisotopic (exact) mass is 283 g/mol. The van der Waals surface area contributed by atoms with Gasteiger partial charge in [-0.15, -0.1) is 0 Å². The fourth-order valence-corrected chi connectivity index (χ4v) is 2.67. The predicted octanol–water partition coefficient (Wildman–Crippen LogP) is 0.298. The number of aryl methyl sites for hydroxylation is 1. The number of aliphatic hydroxyl groups is 2. The summed E-state index contributed by atoms with van der Waals surface area (Å²) in [6.45, 7) is 7.35. The fourth-order valence-electron chi connectivity index (χ4n) is 2.67. The van der Waals surface area contributed by atoms with Crippen molar-refractivity contribution in [3.05, 3.63) is 17.5 Å². The Bertz CT molecular complexity index is 410. The SMILES string of the molecule is CCCN(Cc1cn[nH]c1C)C[C@@H]1COC[C@@H](O)[C@H]1O. The molecule has 0 aromatic carbocycles. The van der Waals surface area contributed by atoms with Crippen LogP contribution in [0.1, 0.15) is 24.6 Å². The van der Waals surface area contributed by atoms with Crippen molar-refractivity contribution in [3.8, 4) is 0 Å². The summed E-state index contributed by atoms with van der Waals surface area (Å²) < 4.78 is 5.35. The van der Waals surface area contributed by atoms with Crippen LogP contribution in [0.5, 0.6) is 0 Å². The molecule has 2 rings (SSSR count). The average molecular weight is 283 g/mol. The van der Waals surface area contributed by atoms with E-state index in [1.807, 2.05) is 13.1 Å². The molecule has 0 saturated carbocycles. The van der Waals surface area contributed by atoms with Crippen LogP contribution in [0.3, 0.4) is 0 Å². The number of aromatic amines is 1. The van der Waals surface area contributed by atoms with Gasteiger partial charge in [-0.05, 0) is 19.9 Å². The zero-order chi connectivity index (χ0) is 14.5. The number of hydrogen-bond donors (Lipinski definition) is 3. The van der Waals surface area contributed by atoms with Gasteiger partial charge in [0.05, 0.1) is 25.5 Å². The third-order valence-electron chi connectivity index (χ3n) is 3.86. The number of H-pyrrole nitrogens is 1. The Morgan fingerprint density at radius 1 is 1.45 bits per heavy atom. The molecule has 1 aromatic rings. The van der Waals surface area contributed by atoms with Crippen LogP contribution in [0.25, 0.3) is 0 Å². The number of aliphatic hydroxyl groups excluding tert-OH is 2. The molecule has 20 heavy (non-hydrogen) atoms. The highest BCUT2D eigenvalue weighted by atomic mass is 16.5. The maximum absolute atomic E-state index is 10.1. The van der Waals surface area contributed by atoms with E-state index in [-0.39, 0.29) is 12.5 Å². The summed E-state index contributed by atoms with van der Waals surface area (Å²) in [6, 6.07) is 0. The Morgan fingerprint density at radius 3 is 2.90 bits per heavy atom. The van der Waals surface area contributed by atoms with Gasteiger partial charge in [0.15, 0.2) is 0 Å². The van der Waals surface area contributed by atoms with Crippen LogP contribution in [0.2, 0.25) is 0 Å². The first-order valence-electron chi connectivity index (χ1n) is 7.26. The third-order valence-corrected chi connectivity index (χ3v) is 3.86. The van der Waals surface area contributed by atoms with Crippen molar-refractivity contribution in [2.75, 3.05) is 26.3 Å². The van der Waals surface area contributed by atoms with Gasteiger partial charge in [-0.1, -0.05) is 6.92 Å². The largest absolute Gasteiger partial charge is 0.390 e. The molecule has 114 valence electrons. The Balaban J connectivity index is 1.96. The number of rotatable bonds is 6. The lowest BCUT2D eigenvalue weighted by molar-refractivity contribution is -0.126. The minimum atomic E-state index is -0.770. The lowest BCUT2D eigenvalue weighted by Gasteiger charge is -2.35. The molecule has 6 nitrogen and oxygen atoms in total. The lowest BCUT2D eigenvalue weighted by atomic mass is 9.95. The number of aromatic nitrogens is 2. The van der Waals surface area contributed by atoms with E-state index in [1.165, 1.54) is 5.56 Å². The lowest BCUT2D eigenvalue weighted by Crippen LogP contribution is -2.48. The molecule has 0 radical (unpaired) electrons. The summed E-state index contributed by atoms with van der Waals surface area (Å²) in [5.74, 6) is -0.0440. The highest BCUT2D eigenvalue weighted by Gasteiger charge is 2.32. The van der Waals surface area contributed by atoms with Crippen molar-refractivity contribution < 1.29 is 14.9 Å². The van der Waals surface area contributed by atoms with Crippen LogP contribution in [0, 0.1) is 12.8 Å². The van der Waals surface area contributed by atoms with Crippen molar-refractivity contribution in [2.24, 2.45) is 5.92 Å². The quantitative estimate of drug-likeness (QED) is 0.699. The van der Waals surface area contributed by atoms with Crippen LogP contribution in [0.15, 0.2) is 6.20 Å². The van der Waals surface area contributed by atoms with Crippen LogP contribution >= 0.6 is 0 Å². The minimum Gasteiger partial charge on any atom is -0.390 e. The highest BCUT2D eigenvalue weighted by Crippen LogP contribution is 2.18. The molecule has 6 heteroatoms. The summed E-state index contributed by atoms with van der Waals surface area (Å²) in [5, 5.41) is 26.7. The first kappa shape index (κ1) is 15.4. The number of nitrogens with zero attached hydrogens (tertiary/aromatic N) is 2. The summed E-state index contributed by atoms with van der Waals surface area (Å²) in [5.41, 5.74) is 2.25. The van der Waals surface area contributed by atoms with Crippen molar-refractivity contribution in [3.63, 3.8) is 0 Å².